The van der Waals surface area contributed by atoms with Gasteiger partial charge in [-0.05, 0) is 31.4 Å². The first-order chi connectivity index (χ1) is 12.7. The van der Waals surface area contributed by atoms with Crippen molar-refractivity contribution < 1.29 is 13.9 Å². The van der Waals surface area contributed by atoms with Crippen LogP contribution in [0.25, 0.3) is 11.5 Å². The molecule has 0 radical (unpaired) electrons. The van der Waals surface area contributed by atoms with Crippen LogP contribution in [0, 0.1) is 6.92 Å². The van der Waals surface area contributed by atoms with Crippen molar-refractivity contribution in [3.05, 3.63) is 41.8 Å². The molecule has 1 atom stereocenters. The van der Waals surface area contributed by atoms with E-state index in [-0.39, 0.29) is 12.0 Å². The highest BCUT2D eigenvalue weighted by atomic mass is 16.5. The van der Waals surface area contributed by atoms with Gasteiger partial charge in [-0.15, -0.1) is 0 Å². The molecule has 1 aromatic carbocycles. The lowest BCUT2D eigenvalue weighted by Gasteiger charge is -2.35. The molecule has 6 heteroatoms. The molecular weight excluding hydrogens is 330 g/mol. The van der Waals surface area contributed by atoms with Crippen molar-refractivity contribution >= 4 is 5.91 Å². The first kappa shape index (κ1) is 17.2. The maximum atomic E-state index is 12.4. The average molecular weight is 355 g/mol. The molecule has 0 bridgehead atoms. The largest absolute Gasteiger partial charge is 0.444 e. The number of carbonyl (C=O) groups is 1. The second-order valence-corrected chi connectivity index (χ2v) is 7.06. The molecule has 2 aromatic rings. The molecule has 0 saturated carbocycles. The lowest BCUT2D eigenvalue weighted by molar-refractivity contribution is -0.142. The van der Waals surface area contributed by atoms with Crippen molar-refractivity contribution in [1.82, 2.24) is 14.8 Å². The van der Waals surface area contributed by atoms with Crippen LogP contribution >= 0.6 is 0 Å². The number of aromatic nitrogens is 1. The monoisotopic (exact) mass is 355 g/mol. The normalized spacial score (nSPS) is 21.3. The lowest BCUT2D eigenvalue weighted by Crippen LogP contribution is -2.51. The summed E-state index contributed by atoms with van der Waals surface area (Å²) in [5.74, 6) is 0.829. The molecule has 26 heavy (non-hydrogen) atoms. The highest BCUT2D eigenvalue weighted by Crippen LogP contribution is 2.23. The van der Waals surface area contributed by atoms with Crippen LogP contribution in [-0.4, -0.2) is 59.6 Å². The molecule has 1 amide bonds. The fourth-order valence-electron chi connectivity index (χ4n) is 3.65. The summed E-state index contributed by atoms with van der Waals surface area (Å²) in [4.78, 5) is 21.3. The minimum Gasteiger partial charge on any atom is -0.444 e. The number of carbonyl (C=O) groups excluding carboxylic acids is 1. The van der Waals surface area contributed by atoms with Crippen molar-refractivity contribution in [2.75, 3.05) is 32.8 Å². The van der Waals surface area contributed by atoms with Gasteiger partial charge in [0.1, 0.15) is 12.4 Å². The Morgan fingerprint density at radius 1 is 1.23 bits per heavy atom. The zero-order valence-corrected chi connectivity index (χ0v) is 15.2. The Bertz CT molecular complexity index is 759. The quantitative estimate of drug-likeness (QED) is 0.843. The molecule has 0 N–H and O–H groups in total. The van der Waals surface area contributed by atoms with E-state index >= 15 is 0 Å². The van der Waals surface area contributed by atoms with Gasteiger partial charge < -0.3 is 14.1 Å². The first-order valence-electron chi connectivity index (χ1n) is 9.34. The van der Waals surface area contributed by atoms with Gasteiger partial charge in [0.2, 0.25) is 5.89 Å². The van der Waals surface area contributed by atoms with Gasteiger partial charge in [-0.25, -0.2) is 4.98 Å². The highest BCUT2D eigenvalue weighted by Gasteiger charge is 2.30. The summed E-state index contributed by atoms with van der Waals surface area (Å²) < 4.78 is 11.2. The molecule has 4 rings (SSSR count). The molecule has 138 valence electrons. The topological polar surface area (TPSA) is 58.8 Å². The van der Waals surface area contributed by atoms with E-state index in [0.717, 1.165) is 62.4 Å². The van der Waals surface area contributed by atoms with Crippen molar-refractivity contribution in [3.63, 3.8) is 0 Å². The Kier molecular flexibility index (Phi) is 5.04. The van der Waals surface area contributed by atoms with E-state index in [2.05, 4.69) is 22.9 Å². The highest BCUT2D eigenvalue weighted by molar-refractivity contribution is 5.81. The number of oxazole rings is 1. The minimum absolute atomic E-state index is 0.158. The summed E-state index contributed by atoms with van der Waals surface area (Å²) >= 11 is 0. The van der Waals surface area contributed by atoms with E-state index in [1.165, 1.54) is 0 Å². The van der Waals surface area contributed by atoms with Crippen LogP contribution in [0.1, 0.15) is 24.1 Å². The summed E-state index contributed by atoms with van der Waals surface area (Å²) in [6.45, 7) is 6.73. The molecule has 2 saturated heterocycles. The predicted octanol–water partition coefficient (Wildman–Crippen LogP) is 2.47. The van der Waals surface area contributed by atoms with Gasteiger partial charge in [0.05, 0.1) is 5.69 Å². The van der Waals surface area contributed by atoms with Crippen LogP contribution in [-0.2, 0) is 16.1 Å². The first-order valence-corrected chi connectivity index (χ1v) is 9.34. The van der Waals surface area contributed by atoms with Crippen molar-refractivity contribution in [2.24, 2.45) is 0 Å². The lowest BCUT2D eigenvalue weighted by atomic mass is 10.1. The Hall–Kier alpha value is -2.18. The number of nitrogens with zero attached hydrogens (tertiary/aromatic N) is 3. The third kappa shape index (κ3) is 3.66. The molecule has 6 nitrogen and oxygen atoms in total. The van der Waals surface area contributed by atoms with Gasteiger partial charge in [0.25, 0.3) is 5.91 Å². The van der Waals surface area contributed by atoms with Gasteiger partial charge in [0, 0.05) is 44.9 Å². The van der Waals surface area contributed by atoms with Crippen LogP contribution in [0.4, 0.5) is 0 Å². The van der Waals surface area contributed by atoms with E-state index < -0.39 is 0 Å². The molecule has 0 spiro atoms. The number of piperazine rings is 1. The SMILES string of the molecule is Cc1ccccc1-c1nc(CN2CCN(C(=O)C3CCCO3)CC2)co1. The molecule has 3 heterocycles. The van der Waals surface area contributed by atoms with E-state index in [4.69, 9.17) is 9.15 Å². The number of rotatable bonds is 4. The summed E-state index contributed by atoms with van der Waals surface area (Å²) in [6.07, 6.45) is 3.38. The standard InChI is InChI=1S/C20H25N3O3/c1-15-5-2-3-6-17(15)19-21-16(14-26-19)13-22-8-10-23(11-9-22)20(24)18-7-4-12-25-18/h2-3,5-6,14,18H,4,7-13H2,1H3. The van der Waals surface area contributed by atoms with Gasteiger partial charge in [-0.3, -0.25) is 9.69 Å². The fraction of sp³-hybridized carbons (Fsp3) is 0.500. The third-order valence-electron chi connectivity index (χ3n) is 5.20. The molecule has 0 aliphatic carbocycles. The predicted molar refractivity (Wildman–Crippen MR) is 97.5 cm³/mol. The number of amides is 1. The van der Waals surface area contributed by atoms with Crippen molar-refractivity contribution in [3.8, 4) is 11.5 Å². The summed E-state index contributed by atoms with van der Waals surface area (Å²) in [7, 11) is 0. The molecule has 2 aliphatic heterocycles. The Morgan fingerprint density at radius 2 is 2.04 bits per heavy atom. The molecule has 2 fully saturated rings. The zero-order valence-electron chi connectivity index (χ0n) is 15.2. The van der Waals surface area contributed by atoms with E-state index in [0.29, 0.717) is 12.5 Å². The fourth-order valence-corrected chi connectivity index (χ4v) is 3.65. The summed E-state index contributed by atoms with van der Waals surface area (Å²) in [5.41, 5.74) is 3.12. The second kappa shape index (κ2) is 7.60. The van der Waals surface area contributed by atoms with Crippen LogP contribution in [0.15, 0.2) is 34.9 Å². The molecule has 1 aromatic heterocycles. The number of benzene rings is 1. The third-order valence-corrected chi connectivity index (χ3v) is 5.20. The number of hydrogen-bond acceptors (Lipinski definition) is 5. The maximum absolute atomic E-state index is 12.4. The Morgan fingerprint density at radius 3 is 2.77 bits per heavy atom. The second-order valence-electron chi connectivity index (χ2n) is 7.06. The number of aryl methyl sites for hydroxylation is 1. The van der Waals surface area contributed by atoms with Crippen molar-refractivity contribution in [2.45, 2.75) is 32.4 Å². The number of ether oxygens (including phenoxy) is 1. The molecule has 2 aliphatic rings. The van der Waals surface area contributed by atoms with E-state index in [1.807, 2.05) is 23.1 Å². The smallest absolute Gasteiger partial charge is 0.251 e. The van der Waals surface area contributed by atoms with Gasteiger partial charge in [-0.2, -0.15) is 0 Å². The minimum atomic E-state index is -0.214. The van der Waals surface area contributed by atoms with Gasteiger partial charge in [0.15, 0.2) is 0 Å². The van der Waals surface area contributed by atoms with Crippen molar-refractivity contribution in [1.29, 1.82) is 0 Å². The van der Waals surface area contributed by atoms with Crippen LogP contribution < -0.4 is 0 Å². The Labute approximate surface area is 153 Å². The Balaban J connectivity index is 1.32. The van der Waals surface area contributed by atoms with Crippen LogP contribution in [0.5, 0.6) is 0 Å². The van der Waals surface area contributed by atoms with Gasteiger partial charge in [-0.1, -0.05) is 18.2 Å². The van der Waals surface area contributed by atoms with E-state index in [9.17, 15) is 4.79 Å². The summed E-state index contributed by atoms with van der Waals surface area (Å²) in [6, 6.07) is 8.10. The van der Waals surface area contributed by atoms with Crippen LogP contribution in [0.2, 0.25) is 0 Å². The molecular formula is C20H25N3O3. The van der Waals surface area contributed by atoms with Crippen LogP contribution in [0.3, 0.4) is 0 Å². The molecule has 1 unspecified atom stereocenters. The summed E-state index contributed by atoms with van der Waals surface area (Å²) in [5, 5.41) is 0. The number of hydrogen-bond donors (Lipinski definition) is 0. The maximum Gasteiger partial charge on any atom is 0.251 e. The van der Waals surface area contributed by atoms with E-state index in [1.54, 1.807) is 6.26 Å². The zero-order chi connectivity index (χ0) is 17.9. The van der Waals surface area contributed by atoms with Gasteiger partial charge >= 0.3 is 0 Å². The average Bonchev–Trinajstić information content (AvgIpc) is 3.34.